The van der Waals surface area contributed by atoms with Gasteiger partial charge in [-0.25, -0.2) is 0 Å². The highest BCUT2D eigenvalue weighted by Gasteiger charge is 2.25. The Bertz CT molecular complexity index is 567. The summed E-state index contributed by atoms with van der Waals surface area (Å²) in [5.41, 5.74) is 5.70. The third-order valence-electron chi connectivity index (χ3n) is 4.25. The molecule has 0 heterocycles. The largest absolute Gasteiger partial charge is 0.306 e. The van der Waals surface area contributed by atoms with Gasteiger partial charge in [-0.05, 0) is 49.3 Å². The molecule has 1 aliphatic rings. The van der Waals surface area contributed by atoms with Crippen molar-refractivity contribution in [3.63, 3.8) is 0 Å². The lowest BCUT2D eigenvalue weighted by molar-refractivity contribution is 0.572. The summed E-state index contributed by atoms with van der Waals surface area (Å²) < 4.78 is 0. The molecule has 0 unspecified atom stereocenters. The Morgan fingerprint density at radius 1 is 1.05 bits per heavy atom. The van der Waals surface area contributed by atoms with Crippen LogP contribution in [-0.2, 0) is 6.54 Å². The molecule has 2 aromatic rings. The summed E-state index contributed by atoms with van der Waals surface area (Å²) in [7, 11) is 0. The molecule has 2 aromatic carbocycles. The van der Waals surface area contributed by atoms with Crippen LogP contribution >= 0.6 is 0 Å². The van der Waals surface area contributed by atoms with Crippen LogP contribution < -0.4 is 5.32 Å². The fraction of sp³-hybridized carbons (Fsp3) is 0.368. The molecule has 1 fully saturated rings. The minimum Gasteiger partial charge on any atom is -0.306 e. The van der Waals surface area contributed by atoms with Gasteiger partial charge >= 0.3 is 0 Å². The summed E-state index contributed by atoms with van der Waals surface area (Å²) in [6.45, 7) is 5.33. The number of rotatable bonds is 5. The average molecular weight is 265 g/mol. The fourth-order valence-corrected chi connectivity index (χ4v) is 2.72. The molecule has 20 heavy (non-hydrogen) atoms. The monoisotopic (exact) mass is 265 g/mol. The van der Waals surface area contributed by atoms with E-state index >= 15 is 0 Å². The molecule has 3 rings (SSSR count). The van der Waals surface area contributed by atoms with Crippen molar-refractivity contribution in [1.82, 2.24) is 5.32 Å². The smallest absolute Gasteiger partial charge is 0.0294 e. The third kappa shape index (κ3) is 3.10. The van der Waals surface area contributed by atoms with Gasteiger partial charge in [0.25, 0.3) is 0 Å². The normalized spacial score (nSPS) is 16.1. The molecule has 0 aromatic heterocycles. The molecule has 1 nitrogen and oxygen atoms in total. The van der Waals surface area contributed by atoms with Gasteiger partial charge in [0, 0.05) is 12.6 Å². The summed E-state index contributed by atoms with van der Waals surface area (Å²) in [5, 5.41) is 3.66. The Morgan fingerprint density at radius 3 is 2.45 bits per heavy atom. The van der Waals surface area contributed by atoms with E-state index in [9.17, 15) is 0 Å². The van der Waals surface area contributed by atoms with E-state index < -0.39 is 0 Å². The van der Waals surface area contributed by atoms with Crippen LogP contribution in [-0.4, -0.2) is 0 Å². The average Bonchev–Trinajstić information content (AvgIpc) is 3.30. The van der Waals surface area contributed by atoms with Crippen molar-refractivity contribution in [2.75, 3.05) is 0 Å². The Labute approximate surface area is 122 Å². The molecule has 104 valence electrons. The van der Waals surface area contributed by atoms with Gasteiger partial charge < -0.3 is 5.32 Å². The number of hydrogen-bond donors (Lipinski definition) is 1. The summed E-state index contributed by atoms with van der Waals surface area (Å²) >= 11 is 0. The molecule has 0 aliphatic heterocycles. The van der Waals surface area contributed by atoms with Crippen molar-refractivity contribution in [3.05, 3.63) is 70.8 Å². The zero-order chi connectivity index (χ0) is 13.9. The van der Waals surface area contributed by atoms with Gasteiger partial charge in [0.15, 0.2) is 0 Å². The summed E-state index contributed by atoms with van der Waals surface area (Å²) in [4.78, 5) is 0. The predicted octanol–water partition coefficient (Wildman–Crippen LogP) is 4.72. The zero-order valence-corrected chi connectivity index (χ0v) is 12.4. The Balaban J connectivity index is 1.65. The van der Waals surface area contributed by atoms with Gasteiger partial charge in [-0.2, -0.15) is 0 Å². The van der Waals surface area contributed by atoms with Crippen molar-refractivity contribution in [1.29, 1.82) is 0 Å². The molecule has 0 bridgehead atoms. The molecule has 1 heteroatoms. The van der Waals surface area contributed by atoms with E-state index in [1.165, 1.54) is 29.5 Å². The summed E-state index contributed by atoms with van der Waals surface area (Å²) in [6.07, 6.45) is 2.73. The van der Waals surface area contributed by atoms with Crippen LogP contribution in [0.2, 0.25) is 0 Å². The van der Waals surface area contributed by atoms with Crippen molar-refractivity contribution in [2.24, 2.45) is 0 Å². The highest BCUT2D eigenvalue weighted by atomic mass is 14.9. The fourth-order valence-electron chi connectivity index (χ4n) is 2.72. The van der Waals surface area contributed by atoms with Crippen LogP contribution in [0.5, 0.6) is 0 Å². The van der Waals surface area contributed by atoms with Gasteiger partial charge in [-0.1, -0.05) is 54.1 Å². The molecule has 0 spiro atoms. The maximum absolute atomic E-state index is 3.66. The Kier molecular flexibility index (Phi) is 3.88. The first-order valence-corrected chi connectivity index (χ1v) is 7.62. The second kappa shape index (κ2) is 5.80. The molecule has 0 saturated heterocycles. The minimum atomic E-state index is 0.392. The molecule has 1 N–H and O–H groups in total. The minimum absolute atomic E-state index is 0.392. The van der Waals surface area contributed by atoms with Crippen LogP contribution in [0.4, 0.5) is 0 Å². The third-order valence-corrected chi connectivity index (χ3v) is 4.25. The van der Waals surface area contributed by atoms with Crippen molar-refractivity contribution < 1.29 is 0 Å². The summed E-state index contributed by atoms with van der Waals surface area (Å²) in [6, 6.07) is 18.1. The lowest BCUT2D eigenvalue weighted by Crippen LogP contribution is -2.18. The second-order valence-electron chi connectivity index (χ2n) is 5.99. The topological polar surface area (TPSA) is 12.0 Å². The van der Waals surface area contributed by atoms with Crippen LogP contribution in [0.1, 0.15) is 54.0 Å². The molecular formula is C19H23N. The maximum atomic E-state index is 3.66. The van der Waals surface area contributed by atoms with E-state index in [1.807, 2.05) is 0 Å². The van der Waals surface area contributed by atoms with Gasteiger partial charge in [0.1, 0.15) is 0 Å². The van der Waals surface area contributed by atoms with Gasteiger partial charge in [-0.3, -0.25) is 0 Å². The second-order valence-corrected chi connectivity index (χ2v) is 5.99. The molecule has 0 amide bonds. The SMILES string of the molecule is Cc1ccc([C@H](C)NCc2ccccc2C2CC2)cc1. The van der Waals surface area contributed by atoms with Crippen molar-refractivity contribution in [3.8, 4) is 0 Å². The van der Waals surface area contributed by atoms with E-state index in [0.717, 1.165) is 12.5 Å². The van der Waals surface area contributed by atoms with Crippen molar-refractivity contribution >= 4 is 0 Å². The van der Waals surface area contributed by atoms with E-state index in [-0.39, 0.29) is 0 Å². The van der Waals surface area contributed by atoms with E-state index in [1.54, 1.807) is 5.56 Å². The van der Waals surface area contributed by atoms with Gasteiger partial charge in [-0.15, -0.1) is 0 Å². The predicted molar refractivity (Wildman–Crippen MR) is 84.9 cm³/mol. The van der Waals surface area contributed by atoms with Crippen LogP contribution in [0, 0.1) is 6.92 Å². The van der Waals surface area contributed by atoms with E-state index in [2.05, 4.69) is 67.7 Å². The standard InChI is InChI=1S/C19H23N/c1-14-7-9-16(10-8-14)15(2)20-13-18-5-3-4-6-19(18)17-11-12-17/h3-10,15,17,20H,11-13H2,1-2H3/t15-/m0/s1. The maximum Gasteiger partial charge on any atom is 0.0294 e. The van der Waals surface area contributed by atoms with Crippen molar-refractivity contribution in [2.45, 2.75) is 45.2 Å². The van der Waals surface area contributed by atoms with Crippen LogP contribution in [0.25, 0.3) is 0 Å². The summed E-state index contributed by atoms with van der Waals surface area (Å²) in [5.74, 6) is 0.822. The Morgan fingerprint density at radius 2 is 1.75 bits per heavy atom. The lowest BCUT2D eigenvalue weighted by atomic mass is 10.0. The van der Waals surface area contributed by atoms with Gasteiger partial charge in [0.2, 0.25) is 0 Å². The number of nitrogens with one attached hydrogen (secondary N) is 1. The molecule has 1 atom stereocenters. The molecular weight excluding hydrogens is 242 g/mol. The quantitative estimate of drug-likeness (QED) is 0.824. The van der Waals surface area contributed by atoms with Gasteiger partial charge in [0.05, 0.1) is 0 Å². The number of hydrogen-bond acceptors (Lipinski definition) is 1. The van der Waals surface area contributed by atoms with E-state index in [0.29, 0.717) is 6.04 Å². The highest BCUT2D eigenvalue weighted by molar-refractivity contribution is 5.33. The first kappa shape index (κ1) is 13.4. The Hall–Kier alpha value is -1.60. The van der Waals surface area contributed by atoms with E-state index in [4.69, 9.17) is 0 Å². The first-order valence-electron chi connectivity index (χ1n) is 7.62. The molecule has 0 radical (unpaired) electrons. The number of benzene rings is 2. The zero-order valence-electron chi connectivity index (χ0n) is 12.4. The van der Waals surface area contributed by atoms with Crippen LogP contribution in [0.3, 0.4) is 0 Å². The molecule has 1 saturated carbocycles. The van der Waals surface area contributed by atoms with Crippen LogP contribution in [0.15, 0.2) is 48.5 Å². The number of aryl methyl sites for hydroxylation is 1. The first-order chi connectivity index (χ1) is 9.74. The highest BCUT2D eigenvalue weighted by Crippen LogP contribution is 2.41. The molecule has 1 aliphatic carbocycles. The lowest BCUT2D eigenvalue weighted by Gasteiger charge is -2.16.